The number of halogens is 1. The van der Waals surface area contributed by atoms with Gasteiger partial charge in [0.2, 0.25) is 0 Å². The van der Waals surface area contributed by atoms with E-state index in [1.54, 1.807) is 60.7 Å². The lowest BCUT2D eigenvalue weighted by Crippen LogP contribution is -2.28. The lowest BCUT2D eigenvalue weighted by molar-refractivity contribution is -0.122. The van der Waals surface area contributed by atoms with Crippen LogP contribution in [0.25, 0.3) is 6.08 Å². The van der Waals surface area contributed by atoms with Crippen LogP contribution in [0.4, 0.5) is 5.69 Å². The highest BCUT2D eigenvalue weighted by molar-refractivity contribution is 8.18. The van der Waals surface area contributed by atoms with Crippen LogP contribution in [-0.2, 0) is 16.1 Å². The fourth-order valence-electron chi connectivity index (χ4n) is 3.90. The van der Waals surface area contributed by atoms with Gasteiger partial charge in [-0.15, -0.1) is 5.10 Å². The summed E-state index contributed by atoms with van der Waals surface area (Å²) in [5.41, 5.74) is 2.74. The van der Waals surface area contributed by atoms with Crippen molar-refractivity contribution in [2.24, 2.45) is 10.2 Å². The summed E-state index contributed by atoms with van der Waals surface area (Å²) in [4.78, 5) is 27.8. The van der Waals surface area contributed by atoms with E-state index in [1.807, 2.05) is 31.2 Å². The second-order valence-corrected chi connectivity index (χ2v) is 10.6. The molecule has 0 aliphatic carbocycles. The summed E-state index contributed by atoms with van der Waals surface area (Å²) in [7, 11) is 0. The minimum Gasteiger partial charge on any atom is -0.507 e. The van der Waals surface area contributed by atoms with Gasteiger partial charge in [0.15, 0.2) is 11.8 Å². The molecule has 1 aliphatic heterocycles. The molecule has 2 amide bonds. The normalized spacial score (nSPS) is 15.2. The molecular weight excluding hydrogens is 576 g/mol. The largest absolute Gasteiger partial charge is 0.507 e. The van der Waals surface area contributed by atoms with Crippen molar-refractivity contribution in [3.8, 4) is 11.5 Å². The van der Waals surface area contributed by atoms with Crippen LogP contribution in [0.15, 0.2) is 105 Å². The number of carbonyl (C=O) groups is 2. The van der Waals surface area contributed by atoms with Crippen molar-refractivity contribution in [3.63, 3.8) is 0 Å². The molecule has 0 bridgehead atoms. The van der Waals surface area contributed by atoms with Crippen LogP contribution in [0.5, 0.6) is 11.5 Å². The average Bonchev–Trinajstić information content (AvgIpc) is 3.59. The number of rotatable bonds is 9. The maximum absolute atomic E-state index is 13.5. The summed E-state index contributed by atoms with van der Waals surface area (Å²) in [6, 6.07) is 22.6. The number of phenolic OH excluding ortho intramolecular Hbond substituents is 1. The average molecular weight is 601 g/mol. The Balaban J connectivity index is 1.37. The van der Waals surface area contributed by atoms with E-state index < -0.39 is 0 Å². The molecular formula is C31H25ClN4O5S. The van der Waals surface area contributed by atoms with Gasteiger partial charge in [-0.2, -0.15) is 5.10 Å². The fourth-order valence-corrected chi connectivity index (χ4v) is 5.01. The number of benzene rings is 3. The van der Waals surface area contributed by atoms with Crippen molar-refractivity contribution >= 4 is 58.3 Å². The third kappa shape index (κ3) is 7.28. The third-order valence-electron chi connectivity index (χ3n) is 6.01. The molecule has 1 aromatic heterocycles. The van der Waals surface area contributed by atoms with Crippen LogP contribution in [0, 0.1) is 6.92 Å². The second-order valence-electron chi connectivity index (χ2n) is 9.15. The van der Waals surface area contributed by atoms with Crippen LogP contribution in [-0.4, -0.2) is 39.8 Å². The quantitative estimate of drug-likeness (QED) is 0.129. The number of anilines is 1. The first kappa shape index (κ1) is 28.7. The number of nitrogens with one attached hydrogen (secondary N) is 1. The highest BCUT2D eigenvalue weighted by Crippen LogP contribution is 2.36. The van der Waals surface area contributed by atoms with E-state index in [2.05, 4.69) is 15.5 Å². The standard InChI is InChI=1S/C31H25ClN4O5S/c1-20-8-11-24(12-9-20)34-29(38)19-41-27-13-10-23(32)15-22(27)16-28-30(39)36(18-25-6-4-14-40-25)31(42-28)35-33-17-21-5-2-3-7-26(21)37/h2-17,37H,18-19H2,1H3,(H,34,38)/b28-16-,33-17+,35-31-. The number of amides is 2. The van der Waals surface area contributed by atoms with Crippen LogP contribution >= 0.6 is 23.4 Å². The highest BCUT2D eigenvalue weighted by Gasteiger charge is 2.34. The Labute approximate surface area is 251 Å². The monoisotopic (exact) mass is 600 g/mol. The number of amidine groups is 1. The van der Waals surface area contributed by atoms with Crippen LogP contribution in [0.3, 0.4) is 0 Å². The molecule has 1 saturated heterocycles. The first-order valence-electron chi connectivity index (χ1n) is 12.8. The Kier molecular flexibility index (Phi) is 9.05. The number of para-hydroxylation sites is 1. The maximum Gasteiger partial charge on any atom is 0.267 e. The number of nitrogens with zero attached hydrogens (tertiary/aromatic N) is 3. The summed E-state index contributed by atoms with van der Waals surface area (Å²) in [6.07, 6.45) is 4.57. The summed E-state index contributed by atoms with van der Waals surface area (Å²) < 4.78 is 11.3. The van der Waals surface area contributed by atoms with Crippen molar-refractivity contribution in [1.82, 2.24) is 4.90 Å². The van der Waals surface area contributed by atoms with Gasteiger partial charge in [0, 0.05) is 21.8 Å². The molecule has 0 unspecified atom stereocenters. The molecule has 3 aromatic carbocycles. The third-order valence-corrected chi connectivity index (χ3v) is 7.24. The van der Waals surface area contributed by atoms with Crippen molar-refractivity contribution in [2.45, 2.75) is 13.5 Å². The molecule has 9 nitrogen and oxygen atoms in total. The molecule has 1 fully saturated rings. The van der Waals surface area contributed by atoms with Crippen molar-refractivity contribution in [1.29, 1.82) is 0 Å². The van der Waals surface area contributed by atoms with E-state index in [4.69, 9.17) is 20.8 Å². The summed E-state index contributed by atoms with van der Waals surface area (Å²) >= 11 is 7.39. The van der Waals surface area contributed by atoms with Gasteiger partial charge in [0.25, 0.3) is 11.8 Å². The van der Waals surface area contributed by atoms with Gasteiger partial charge >= 0.3 is 0 Å². The number of hydrogen-bond acceptors (Lipinski definition) is 8. The topological polar surface area (TPSA) is 117 Å². The lowest BCUT2D eigenvalue weighted by Gasteiger charge is -2.13. The van der Waals surface area contributed by atoms with Crippen LogP contribution in [0.2, 0.25) is 5.02 Å². The maximum atomic E-state index is 13.5. The number of furan rings is 1. The molecule has 11 heteroatoms. The molecule has 212 valence electrons. The smallest absolute Gasteiger partial charge is 0.267 e. The van der Waals surface area contributed by atoms with Crippen molar-refractivity contribution in [3.05, 3.63) is 118 Å². The van der Waals surface area contributed by atoms with E-state index in [9.17, 15) is 14.7 Å². The van der Waals surface area contributed by atoms with E-state index in [0.717, 1.165) is 17.3 Å². The molecule has 4 aromatic rings. The Bertz CT molecular complexity index is 1680. The molecule has 2 N–H and O–H groups in total. The molecule has 0 atom stereocenters. The molecule has 1 aliphatic rings. The van der Waals surface area contributed by atoms with Crippen molar-refractivity contribution in [2.75, 3.05) is 11.9 Å². The summed E-state index contributed by atoms with van der Waals surface area (Å²) in [5, 5.41) is 21.9. The number of hydrogen-bond donors (Lipinski definition) is 2. The van der Waals surface area contributed by atoms with Gasteiger partial charge in [-0.3, -0.25) is 14.5 Å². The Morgan fingerprint density at radius 3 is 2.67 bits per heavy atom. The predicted octanol–water partition coefficient (Wildman–Crippen LogP) is 6.47. The minimum atomic E-state index is -0.333. The summed E-state index contributed by atoms with van der Waals surface area (Å²) in [5.74, 6) is 0.343. The van der Waals surface area contributed by atoms with E-state index in [0.29, 0.717) is 43.4 Å². The van der Waals surface area contributed by atoms with E-state index in [1.165, 1.54) is 17.4 Å². The number of aromatic hydroxyl groups is 1. The molecule has 0 saturated carbocycles. The molecule has 5 rings (SSSR count). The minimum absolute atomic E-state index is 0.0608. The predicted molar refractivity (Wildman–Crippen MR) is 165 cm³/mol. The first-order chi connectivity index (χ1) is 20.4. The number of thioether (sulfide) groups is 1. The zero-order valence-electron chi connectivity index (χ0n) is 22.4. The van der Waals surface area contributed by atoms with Gasteiger partial charge in [-0.1, -0.05) is 41.4 Å². The van der Waals surface area contributed by atoms with Gasteiger partial charge in [-0.25, -0.2) is 0 Å². The molecule has 42 heavy (non-hydrogen) atoms. The number of phenols is 1. The Hall–Kier alpha value is -4.80. The number of aryl methyl sites for hydroxylation is 1. The molecule has 2 heterocycles. The van der Waals surface area contributed by atoms with E-state index in [-0.39, 0.29) is 30.7 Å². The highest BCUT2D eigenvalue weighted by atomic mass is 35.5. The Morgan fingerprint density at radius 1 is 1.10 bits per heavy atom. The van der Waals surface area contributed by atoms with Crippen LogP contribution in [0.1, 0.15) is 22.5 Å². The zero-order valence-corrected chi connectivity index (χ0v) is 23.9. The van der Waals surface area contributed by atoms with Gasteiger partial charge in [-0.05, 0) is 79.4 Å². The van der Waals surface area contributed by atoms with Gasteiger partial charge in [0.1, 0.15) is 17.3 Å². The van der Waals surface area contributed by atoms with Gasteiger partial charge in [0.05, 0.1) is 23.9 Å². The fraction of sp³-hybridized carbons (Fsp3) is 0.0968. The molecule has 0 radical (unpaired) electrons. The first-order valence-corrected chi connectivity index (χ1v) is 14.0. The zero-order chi connectivity index (χ0) is 29.5. The SMILES string of the molecule is Cc1ccc(NC(=O)COc2ccc(Cl)cc2/C=C2\S/C(=N\N=C\c3ccccc3O)N(Cc3ccco3)C2=O)cc1. The Morgan fingerprint density at radius 2 is 1.90 bits per heavy atom. The number of ether oxygens (including phenoxy) is 1. The van der Waals surface area contributed by atoms with Crippen LogP contribution < -0.4 is 10.1 Å². The van der Waals surface area contributed by atoms with E-state index >= 15 is 0 Å². The molecule has 0 spiro atoms. The van der Waals surface area contributed by atoms with Crippen molar-refractivity contribution < 1.29 is 23.8 Å². The lowest BCUT2D eigenvalue weighted by atomic mass is 10.2. The number of carbonyl (C=O) groups excluding carboxylic acids is 2. The summed E-state index contributed by atoms with van der Waals surface area (Å²) in [6.45, 7) is 1.86. The second kappa shape index (κ2) is 13.2. The van der Waals surface area contributed by atoms with Gasteiger partial charge < -0.3 is 19.6 Å².